The largest absolute Gasteiger partial charge is 0.353 e. The molecule has 0 unspecified atom stereocenters. The topological polar surface area (TPSA) is 107 Å². The molecule has 0 saturated carbocycles. The lowest BCUT2D eigenvalue weighted by molar-refractivity contribution is 0.0741. The molecule has 3 aromatic rings. The summed E-state index contributed by atoms with van der Waals surface area (Å²) < 4.78 is 3.96. The van der Waals surface area contributed by atoms with Crippen molar-refractivity contribution in [1.29, 1.82) is 0 Å². The van der Waals surface area contributed by atoms with E-state index in [-0.39, 0.29) is 23.7 Å². The van der Waals surface area contributed by atoms with Crippen molar-refractivity contribution in [2.45, 2.75) is 25.3 Å². The van der Waals surface area contributed by atoms with Crippen LogP contribution in [-0.2, 0) is 0 Å². The summed E-state index contributed by atoms with van der Waals surface area (Å²) in [7, 11) is 0. The SMILES string of the molecule is O=C(c1nnsc1NC(=O)N1CCCC[C@@H]1c1cccnc1)N1CCN(c2ccccn2)CC1. The van der Waals surface area contributed by atoms with Gasteiger partial charge in [-0.3, -0.25) is 15.1 Å². The first-order valence-electron chi connectivity index (χ1n) is 11.5. The Morgan fingerprint density at radius 1 is 1.00 bits per heavy atom. The maximum atomic E-state index is 13.2. The highest BCUT2D eigenvalue weighted by Crippen LogP contribution is 2.31. The molecule has 2 aliphatic rings. The van der Waals surface area contributed by atoms with Gasteiger partial charge in [0.05, 0.1) is 6.04 Å². The molecule has 2 saturated heterocycles. The van der Waals surface area contributed by atoms with Gasteiger partial charge in [-0.05, 0) is 43.0 Å². The maximum absolute atomic E-state index is 13.2. The van der Waals surface area contributed by atoms with Crippen LogP contribution in [0.15, 0.2) is 48.9 Å². The second-order valence-electron chi connectivity index (χ2n) is 8.34. The minimum atomic E-state index is -0.242. The minimum Gasteiger partial charge on any atom is -0.353 e. The zero-order valence-corrected chi connectivity index (χ0v) is 19.5. The summed E-state index contributed by atoms with van der Waals surface area (Å²) in [6, 6.07) is 9.41. The van der Waals surface area contributed by atoms with Gasteiger partial charge in [0.15, 0.2) is 10.7 Å². The van der Waals surface area contributed by atoms with Crippen LogP contribution in [0.2, 0.25) is 0 Å². The summed E-state index contributed by atoms with van der Waals surface area (Å²) >= 11 is 1.03. The van der Waals surface area contributed by atoms with Gasteiger partial charge in [0.25, 0.3) is 5.91 Å². The van der Waals surface area contributed by atoms with Gasteiger partial charge in [0.1, 0.15) is 5.82 Å². The number of nitrogens with zero attached hydrogens (tertiary/aromatic N) is 7. The van der Waals surface area contributed by atoms with Crippen molar-refractivity contribution >= 4 is 34.3 Å². The Kier molecular flexibility index (Phi) is 6.61. The zero-order valence-electron chi connectivity index (χ0n) is 18.7. The fourth-order valence-corrected chi connectivity index (χ4v) is 5.06. The van der Waals surface area contributed by atoms with Crippen LogP contribution in [0.5, 0.6) is 0 Å². The first-order chi connectivity index (χ1) is 16.7. The molecule has 1 atom stereocenters. The van der Waals surface area contributed by atoms with E-state index < -0.39 is 0 Å². The predicted molar refractivity (Wildman–Crippen MR) is 129 cm³/mol. The molecule has 0 bridgehead atoms. The number of hydrogen-bond donors (Lipinski definition) is 1. The van der Waals surface area contributed by atoms with Crippen molar-refractivity contribution in [2.75, 3.05) is 42.9 Å². The molecule has 0 radical (unpaired) electrons. The average Bonchev–Trinajstić information content (AvgIpc) is 3.37. The van der Waals surface area contributed by atoms with E-state index in [1.807, 2.05) is 41.4 Å². The van der Waals surface area contributed by atoms with E-state index in [1.165, 1.54) is 0 Å². The highest BCUT2D eigenvalue weighted by molar-refractivity contribution is 7.10. The summed E-state index contributed by atoms with van der Waals surface area (Å²) in [4.78, 5) is 40.7. The molecule has 0 aromatic carbocycles. The first-order valence-corrected chi connectivity index (χ1v) is 12.2. The molecule has 10 nitrogen and oxygen atoms in total. The molecule has 5 rings (SSSR count). The van der Waals surface area contributed by atoms with Crippen LogP contribution in [-0.4, -0.2) is 74.0 Å². The third kappa shape index (κ3) is 4.69. The van der Waals surface area contributed by atoms with Crippen molar-refractivity contribution in [3.05, 3.63) is 60.2 Å². The number of rotatable bonds is 4. The molecule has 5 heterocycles. The van der Waals surface area contributed by atoms with Gasteiger partial charge >= 0.3 is 6.03 Å². The van der Waals surface area contributed by atoms with Crippen LogP contribution < -0.4 is 10.2 Å². The van der Waals surface area contributed by atoms with E-state index in [0.29, 0.717) is 37.7 Å². The van der Waals surface area contributed by atoms with Crippen molar-refractivity contribution < 1.29 is 9.59 Å². The third-order valence-electron chi connectivity index (χ3n) is 6.28. The van der Waals surface area contributed by atoms with Gasteiger partial charge in [-0.25, -0.2) is 9.78 Å². The van der Waals surface area contributed by atoms with Crippen LogP contribution in [0, 0.1) is 0 Å². The van der Waals surface area contributed by atoms with E-state index in [9.17, 15) is 9.59 Å². The molecule has 3 aromatic heterocycles. The number of likely N-dealkylation sites (tertiary alicyclic amines) is 1. The van der Waals surface area contributed by atoms with Gasteiger partial charge in [-0.15, -0.1) is 5.10 Å². The smallest absolute Gasteiger partial charge is 0.323 e. The average molecular weight is 479 g/mol. The molecule has 1 N–H and O–H groups in total. The van der Waals surface area contributed by atoms with E-state index in [2.05, 4.69) is 29.8 Å². The number of carbonyl (C=O) groups excluding carboxylic acids is 2. The van der Waals surface area contributed by atoms with Crippen LogP contribution >= 0.6 is 11.5 Å². The van der Waals surface area contributed by atoms with Crippen molar-refractivity contribution in [3.63, 3.8) is 0 Å². The van der Waals surface area contributed by atoms with E-state index in [0.717, 1.165) is 42.2 Å². The van der Waals surface area contributed by atoms with Crippen molar-refractivity contribution in [2.24, 2.45) is 0 Å². The second-order valence-corrected chi connectivity index (χ2v) is 9.09. The number of amides is 3. The van der Waals surface area contributed by atoms with Crippen LogP contribution in [0.4, 0.5) is 15.6 Å². The summed E-state index contributed by atoms with van der Waals surface area (Å²) in [6.07, 6.45) is 8.19. The summed E-state index contributed by atoms with van der Waals surface area (Å²) in [5, 5.41) is 7.35. The highest BCUT2D eigenvalue weighted by atomic mass is 32.1. The summed E-state index contributed by atoms with van der Waals surface area (Å²) in [5.74, 6) is 0.690. The Bertz CT molecular complexity index is 1120. The fraction of sp³-hybridized carbons (Fsp3) is 0.391. The molecule has 176 valence electrons. The highest BCUT2D eigenvalue weighted by Gasteiger charge is 2.31. The van der Waals surface area contributed by atoms with Crippen LogP contribution in [0.3, 0.4) is 0 Å². The second kappa shape index (κ2) is 10.1. The number of piperazine rings is 1. The molecule has 2 aliphatic heterocycles. The molecule has 3 amide bonds. The Labute approximate surface area is 201 Å². The van der Waals surface area contributed by atoms with E-state index >= 15 is 0 Å². The minimum absolute atomic E-state index is 0.0397. The third-order valence-corrected chi connectivity index (χ3v) is 6.93. The molecule has 0 spiro atoms. The van der Waals surface area contributed by atoms with Crippen molar-refractivity contribution in [3.8, 4) is 0 Å². The number of piperidine rings is 1. The predicted octanol–water partition coefficient (Wildman–Crippen LogP) is 3.05. The van der Waals surface area contributed by atoms with E-state index in [1.54, 1.807) is 17.3 Å². The molecular formula is C23H26N8O2S. The van der Waals surface area contributed by atoms with Crippen LogP contribution in [0.1, 0.15) is 41.4 Å². The van der Waals surface area contributed by atoms with Gasteiger partial charge in [-0.1, -0.05) is 16.6 Å². The van der Waals surface area contributed by atoms with Gasteiger partial charge in [-0.2, -0.15) is 0 Å². The maximum Gasteiger partial charge on any atom is 0.323 e. The van der Waals surface area contributed by atoms with Crippen molar-refractivity contribution in [1.82, 2.24) is 29.4 Å². The standard InChI is InChI=1S/C23H26N8O2S/c32-22(30-14-12-29(13-15-30)19-8-1-3-10-25-19)20-21(34-28-27-20)26-23(33)31-11-4-2-7-18(31)17-6-5-9-24-16-17/h1,3,5-6,8-10,16,18H,2,4,7,11-15H2,(H,26,33)/t18-/m1/s1. The number of aromatic nitrogens is 4. The summed E-state index contributed by atoms with van der Waals surface area (Å²) in [5.41, 5.74) is 1.21. The number of anilines is 2. The van der Waals surface area contributed by atoms with Gasteiger partial charge in [0, 0.05) is 62.8 Å². The normalized spacial score (nSPS) is 18.6. The number of nitrogens with one attached hydrogen (secondary N) is 1. The lowest BCUT2D eigenvalue weighted by Crippen LogP contribution is -2.49. The fourth-order valence-electron chi connectivity index (χ4n) is 4.51. The Hall–Kier alpha value is -3.60. The molecular weight excluding hydrogens is 452 g/mol. The Morgan fingerprint density at radius 2 is 1.88 bits per heavy atom. The molecule has 2 fully saturated rings. The lowest BCUT2D eigenvalue weighted by Gasteiger charge is -2.36. The zero-order chi connectivity index (χ0) is 23.3. The Balaban J connectivity index is 1.24. The molecule has 11 heteroatoms. The summed E-state index contributed by atoms with van der Waals surface area (Å²) in [6.45, 7) is 3.12. The van der Waals surface area contributed by atoms with Gasteiger partial charge in [0.2, 0.25) is 0 Å². The number of pyridine rings is 2. The Morgan fingerprint density at radius 3 is 2.65 bits per heavy atom. The number of carbonyl (C=O) groups is 2. The monoisotopic (exact) mass is 478 g/mol. The van der Waals surface area contributed by atoms with Gasteiger partial charge < -0.3 is 14.7 Å². The molecule has 34 heavy (non-hydrogen) atoms. The quantitative estimate of drug-likeness (QED) is 0.614. The number of urea groups is 1. The van der Waals surface area contributed by atoms with E-state index in [4.69, 9.17) is 0 Å². The lowest BCUT2D eigenvalue weighted by atomic mass is 9.97. The van der Waals surface area contributed by atoms with Crippen LogP contribution in [0.25, 0.3) is 0 Å². The first kappa shape index (κ1) is 22.2. The molecule has 0 aliphatic carbocycles. The number of hydrogen-bond acceptors (Lipinski definition) is 8.